The van der Waals surface area contributed by atoms with Gasteiger partial charge in [0.05, 0.1) is 36.6 Å². The summed E-state index contributed by atoms with van der Waals surface area (Å²) in [5.74, 6) is -5.32. The van der Waals surface area contributed by atoms with Crippen LogP contribution in [0.3, 0.4) is 0 Å². The van der Waals surface area contributed by atoms with Crippen molar-refractivity contribution in [1.82, 2.24) is 25.3 Å². The van der Waals surface area contributed by atoms with Crippen molar-refractivity contribution in [2.75, 3.05) is 34.9 Å². The Labute approximate surface area is 418 Å². The van der Waals surface area contributed by atoms with Crippen molar-refractivity contribution in [3.63, 3.8) is 0 Å². The van der Waals surface area contributed by atoms with E-state index in [2.05, 4.69) is 22.8 Å². The second-order valence-electron chi connectivity index (χ2n) is 20.5. The van der Waals surface area contributed by atoms with E-state index in [9.17, 15) is 38.3 Å². The minimum atomic E-state index is -1.40. The van der Waals surface area contributed by atoms with Crippen LogP contribution in [0.4, 0.5) is 9.18 Å². The van der Waals surface area contributed by atoms with Gasteiger partial charge >= 0.3 is 12.1 Å². The van der Waals surface area contributed by atoms with Crippen LogP contribution >= 0.6 is 0 Å². The Kier molecular flexibility index (Phi) is 18.1. The first-order valence-electron chi connectivity index (χ1n) is 25.0. The molecule has 386 valence electrons. The van der Waals surface area contributed by atoms with Crippen molar-refractivity contribution >= 4 is 35.7 Å². The van der Waals surface area contributed by atoms with Gasteiger partial charge in [0.1, 0.15) is 30.5 Å². The lowest BCUT2D eigenvalue weighted by molar-refractivity contribution is -0.149. The molecular formula is C55H74FN5O10. The van der Waals surface area contributed by atoms with Gasteiger partial charge in [0.2, 0.25) is 23.6 Å². The normalized spacial score (nSPS) is 20.3. The average molecular weight is 984 g/mol. The molecule has 1 heterocycles. The van der Waals surface area contributed by atoms with Crippen LogP contribution in [-0.2, 0) is 44.6 Å². The highest BCUT2D eigenvalue weighted by atomic mass is 19.1. The average Bonchev–Trinajstić information content (AvgIpc) is 3.89. The molecule has 3 aromatic carbocycles. The van der Waals surface area contributed by atoms with Gasteiger partial charge in [0.15, 0.2) is 0 Å². The number of aliphatic carboxylic acids is 1. The number of carboxylic acids is 1. The van der Waals surface area contributed by atoms with Gasteiger partial charge in [-0.25, -0.2) is 14.0 Å². The van der Waals surface area contributed by atoms with Crippen molar-refractivity contribution in [3.05, 3.63) is 95.3 Å². The molecule has 6 rings (SSSR count). The lowest BCUT2D eigenvalue weighted by Gasteiger charge is -2.41. The zero-order chi connectivity index (χ0) is 52.0. The Morgan fingerprint density at radius 2 is 1.39 bits per heavy atom. The summed E-state index contributed by atoms with van der Waals surface area (Å²) in [6.07, 6.45) is -0.568. The predicted octanol–water partition coefficient (Wildman–Crippen LogP) is 6.90. The summed E-state index contributed by atoms with van der Waals surface area (Å²) in [6, 6.07) is 17.3. The number of halogens is 1. The molecule has 11 atom stereocenters. The van der Waals surface area contributed by atoms with Gasteiger partial charge in [-0.2, -0.15) is 0 Å². The lowest BCUT2D eigenvalue weighted by Crippen LogP contribution is -2.60. The fourth-order valence-corrected chi connectivity index (χ4v) is 11.1. The van der Waals surface area contributed by atoms with Crippen molar-refractivity contribution in [1.29, 1.82) is 0 Å². The summed E-state index contributed by atoms with van der Waals surface area (Å²) in [5.41, 5.74) is 4.49. The first kappa shape index (κ1) is 54.5. The third-order valence-electron chi connectivity index (χ3n) is 15.2. The van der Waals surface area contributed by atoms with Crippen LogP contribution < -0.4 is 10.6 Å². The molecule has 71 heavy (non-hydrogen) atoms. The molecular weight excluding hydrogens is 910 g/mol. The number of nitrogens with one attached hydrogen (secondary N) is 2. The molecule has 2 fully saturated rings. The highest BCUT2D eigenvalue weighted by Gasteiger charge is 2.57. The van der Waals surface area contributed by atoms with Crippen molar-refractivity contribution < 1.29 is 52.5 Å². The van der Waals surface area contributed by atoms with Gasteiger partial charge in [-0.1, -0.05) is 122 Å². The standard InChI is InChI=1S/C55H74FN5O10/c1-12-32(6)49(45(69-10)28-46(62)61-43-26-35(43)27-44(61)50(70-11)33(7)51(63)57-42(54(66)67)25-34-19-13-18-24-41(34)56)59(8)53(65)47(30(2)3)58-52(64)48(31(4)5)60(9)55(68)71-29-40-38-22-16-14-20-36(38)37-21-15-17-23-39(37)40/h13-24,30-33,35,40,42-45,47-50H,12,25-29H2,1-11H3,(H,57,63)(H,58,64)(H,66,67)/t32-,33+,35-,42-,43-,44-,45+,47-,48-,49-,50+/m0/s1. The molecule has 0 unspecified atom stereocenters. The molecule has 0 spiro atoms. The van der Waals surface area contributed by atoms with E-state index in [-0.39, 0.29) is 72.5 Å². The summed E-state index contributed by atoms with van der Waals surface area (Å²) in [6.45, 7) is 13.0. The van der Waals surface area contributed by atoms with Gasteiger partial charge in [0, 0.05) is 46.7 Å². The molecule has 3 aromatic rings. The van der Waals surface area contributed by atoms with E-state index in [0.29, 0.717) is 12.8 Å². The molecule has 1 aliphatic heterocycles. The van der Waals surface area contributed by atoms with Crippen LogP contribution in [0.1, 0.15) is 96.8 Å². The number of hydrogen-bond acceptors (Lipinski definition) is 9. The zero-order valence-corrected chi connectivity index (χ0v) is 43.1. The maximum absolute atomic E-state index is 14.8. The maximum atomic E-state index is 14.8. The van der Waals surface area contributed by atoms with E-state index in [1.165, 1.54) is 44.4 Å². The highest BCUT2D eigenvalue weighted by molar-refractivity contribution is 5.92. The summed E-state index contributed by atoms with van der Waals surface area (Å²) < 4.78 is 32.4. The van der Waals surface area contributed by atoms with Crippen LogP contribution in [-0.4, -0.2) is 139 Å². The van der Waals surface area contributed by atoms with E-state index in [0.717, 1.165) is 28.7 Å². The Morgan fingerprint density at radius 1 is 0.789 bits per heavy atom. The Hall–Kier alpha value is -5.87. The SMILES string of the molecule is CC[C@H](C)[C@@H]([C@@H](CC(=O)N1[C@H]2C[C@H]2C[C@H]1[C@H](OC)[C@@H](C)C(=O)N[C@@H](Cc1ccccc1F)C(=O)O)OC)N(C)C(=O)[C@@H](NC(=O)[C@H](C(C)C)N(C)C(=O)OCC1c2ccccc2-c2ccccc21)C(C)C. The summed E-state index contributed by atoms with van der Waals surface area (Å²) in [7, 11) is 6.16. The van der Waals surface area contributed by atoms with Crippen LogP contribution in [0.2, 0.25) is 0 Å². The maximum Gasteiger partial charge on any atom is 0.410 e. The summed E-state index contributed by atoms with van der Waals surface area (Å²) >= 11 is 0. The molecule has 0 radical (unpaired) electrons. The van der Waals surface area contributed by atoms with Crippen LogP contribution in [0.5, 0.6) is 0 Å². The number of carbonyl (C=O) groups excluding carboxylic acids is 5. The van der Waals surface area contributed by atoms with Crippen molar-refractivity contribution in [2.24, 2.45) is 29.6 Å². The zero-order valence-electron chi connectivity index (χ0n) is 43.1. The number of rotatable bonds is 23. The topological polar surface area (TPSA) is 184 Å². The second-order valence-corrected chi connectivity index (χ2v) is 20.5. The fourth-order valence-electron chi connectivity index (χ4n) is 11.1. The molecule has 0 aromatic heterocycles. The fraction of sp³-hybridized carbons (Fsp3) is 0.564. The van der Waals surface area contributed by atoms with Gasteiger partial charge in [0.25, 0.3) is 0 Å². The number of hydrogen-bond donors (Lipinski definition) is 3. The number of methoxy groups -OCH3 is 2. The number of benzene rings is 3. The molecule has 1 saturated heterocycles. The smallest absolute Gasteiger partial charge is 0.410 e. The number of likely N-dealkylation sites (tertiary alicyclic amines) is 1. The van der Waals surface area contributed by atoms with Crippen molar-refractivity contribution in [3.8, 4) is 11.1 Å². The molecule has 1 saturated carbocycles. The number of amides is 5. The summed E-state index contributed by atoms with van der Waals surface area (Å²) in [5, 5.41) is 15.5. The van der Waals surface area contributed by atoms with Crippen LogP contribution in [0, 0.1) is 35.4 Å². The largest absolute Gasteiger partial charge is 0.480 e. The van der Waals surface area contributed by atoms with E-state index in [1.54, 1.807) is 29.8 Å². The molecule has 15 nitrogen and oxygen atoms in total. The van der Waals surface area contributed by atoms with Crippen LogP contribution in [0.15, 0.2) is 72.8 Å². The second kappa shape index (κ2) is 23.6. The third kappa shape index (κ3) is 11.9. The minimum absolute atomic E-state index is 0.0758. The van der Waals surface area contributed by atoms with Crippen LogP contribution in [0.25, 0.3) is 11.1 Å². The van der Waals surface area contributed by atoms with Gasteiger partial charge in [-0.15, -0.1) is 0 Å². The molecule has 5 amide bonds. The van der Waals surface area contributed by atoms with Gasteiger partial charge in [-0.3, -0.25) is 24.1 Å². The van der Waals surface area contributed by atoms with E-state index in [1.807, 2.05) is 77.9 Å². The number of carboxylic acid groups (broad SMARTS) is 1. The number of likely N-dealkylation sites (N-methyl/N-ethyl adjacent to an activating group) is 2. The number of fused-ring (bicyclic) bond motifs is 4. The Bertz CT molecular complexity index is 2350. The number of carbonyl (C=O) groups is 6. The number of piperidine rings is 1. The quantitative estimate of drug-likeness (QED) is 0.0904. The van der Waals surface area contributed by atoms with Gasteiger partial charge < -0.3 is 39.8 Å². The first-order chi connectivity index (χ1) is 33.7. The first-order valence-corrected chi connectivity index (χ1v) is 25.0. The number of ether oxygens (including phenoxy) is 3. The molecule has 3 aliphatic rings. The third-order valence-corrected chi connectivity index (χ3v) is 15.2. The molecule has 2 aliphatic carbocycles. The number of nitrogens with zero attached hydrogens (tertiary/aromatic N) is 3. The van der Waals surface area contributed by atoms with E-state index >= 15 is 0 Å². The van der Waals surface area contributed by atoms with Crippen molar-refractivity contribution in [2.45, 2.75) is 135 Å². The lowest BCUT2D eigenvalue weighted by atomic mass is 9.89. The predicted molar refractivity (Wildman–Crippen MR) is 266 cm³/mol. The Morgan fingerprint density at radius 3 is 1.94 bits per heavy atom. The van der Waals surface area contributed by atoms with E-state index < -0.39 is 78.0 Å². The van der Waals surface area contributed by atoms with Gasteiger partial charge in [-0.05, 0) is 70.4 Å². The Balaban J connectivity index is 1.12. The monoisotopic (exact) mass is 984 g/mol. The van der Waals surface area contributed by atoms with E-state index in [4.69, 9.17) is 14.2 Å². The minimum Gasteiger partial charge on any atom is -0.480 e. The highest BCUT2D eigenvalue weighted by Crippen LogP contribution is 2.50. The molecule has 0 bridgehead atoms. The summed E-state index contributed by atoms with van der Waals surface area (Å²) in [4.78, 5) is 88.1. The molecule has 16 heteroatoms. The molecule has 3 N–H and O–H groups in total.